The fourth-order valence-corrected chi connectivity index (χ4v) is 2.51. The maximum atomic E-state index is 11.9. The maximum Gasteiger partial charge on any atom is 0.269 e. The van der Waals surface area contributed by atoms with Crippen LogP contribution in [0.4, 0.5) is 5.69 Å². The summed E-state index contributed by atoms with van der Waals surface area (Å²) in [7, 11) is 0. The Kier molecular flexibility index (Phi) is 4.60. The van der Waals surface area contributed by atoms with E-state index in [-0.39, 0.29) is 23.6 Å². The predicted octanol–water partition coefficient (Wildman–Crippen LogP) is 1.53. The minimum absolute atomic E-state index is 0.110. The first-order valence-electron chi connectivity index (χ1n) is 7.61. The van der Waals surface area contributed by atoms with Crippen LogP contribution in [-0.2, 0) is 17.6 Å². The third kappa shape index (κ3) is 3.92. The Morgan fingerprint density at radius 1 is 1.12 bits per heavy atom. The summed E-state index contributed by atoms with van der Waals surface area (Å²) in [4.78, 5) is 33.9. The molecule has 0 saturated heterocycles. The van der Waals surface area contributed by atoms with Crippen molar-refractivity contribution in [3.8, 4) is 5.75 Å². The number of rotatable bonds is 4. The van der Waals surface area contributed by atoms with Crippen LogP contribution < -0.4 is 15.6 Å². The summed E-state index contributed by atoms with van der Waals surface area (Å²) in [5, 5.41) is 10.6. The van der Waals surface area contributed by atoms with Crippen molar-refractivity contribution in [1.82, 2.24) is 10.9 Å². The molecule has 0 spiro atoms. The molecule has 128 valence electrons. The Balaban J connectivity index is 1.53. The number of hydrogen-bond acceptors (Lipinski definition) is 5. The molecule has 25 heavy (non-hydrogen) atoms. The van der Waals surface area contributed by atoms with Crippen molar-refractivity contribution >= 4 is 17.5 Å². The summed E-state index contributed by atoms with van der Waals surface area (Å²) < 4.78 is 5.41. The van der Waals surface area contributed by atoms with Gasteiger partial charge in [0.15, 0.2) is 0 Å². The van der Waals surface area contributed by atoms with E-state index < -0.39 is 10.8 Å². The van der Waals surface area contributed by atoms with Crippen molar-refractivity contribution < 1.29 is 19.2 Å². The number of amides is 2. The smallest absolute Gasteiger partial charge is 0.269 e. The van der Waals surface area contributed by atoms with Gasteiger partial charge in [-0.3, -0.25) is 30.6 Å². The molecule has 2 N–H and O–H groups in total. The lowest BCUT2D eigenvalue weighted by Gasteiger charge is -2.08. The van der Waals surface area contributed by atoms with Gasteiger partial charge < -0.3 is 4.74 Å². The van der Waals surface area contributed by atoms with E-state index >= 15 is 0 Å². The predicted molar refractivity (Wildman–Crippen MR) is 88.1 cm³/mol. The Hall–Kier alpha value is -3.42. The van der Waals surface area contributed by atoms with Gasteiger partial charge in [-0.05, 0) is 29.3 Å². The summed E-state index contributed by atoms with van der Waals surface area (Å²) in [6.45, 7) is 0.649. The van der Waals surface area contributed by atoms with Crippen molar-refractivity contribution in [1.29, 1.82) is 0 Å². The third-order valence-corrected chi connectivity index (χ3v) is 3.77. The third-order valence-electron chi connectivity index (χ3n) is 3.77. The summed E-state index contributed by atoms with van der Waals surface area (Å²) in [6.07, 6.45) is 0.940. The van der Waals surface area contributed by atoms with Crippen LogP contribution in [0, 0.1) is 10.1 Å². The van der Waals surface area contributed by atoms with Gasteiger partial charge in [-0.2, -0.15) is 0 Å². The number of carbonyl (C=O) groups excluding carboxylic acids is 2. The van der Waals surface area contributed by atoms with Crippen LogP contribution >= 0.6 is 0 Å². The average molecular weight is 341 g/mol. The number of hydrogen-bond donors (Lipinski definition) is 2. The monoisotopic (exact) mass is 341 g/mol. The molecule has 0 unspecified atom stereocenters. The Bertz CT molecular complexity index is 833. The standard InChI is InChI=1S/C17H15N3O5/c21-16(10-11-1-6-15-13(9-11)7-8-25-15)18-19-17(22)12-2-4-14(5-3-12)20(23)24/h1-6,9H,7-8,10H2,(H,18,21)(H,19,22). The second-order valence-corrected chi connectivity index (χ2v) is 5.52. The number of ether oxygens (including phenoxy) is 1. The molecule has 8 nitrogen and oxygen atoms in total. The highest BCUT2D eigenvalue weighted by molar-refractivity contribution is 5.95. The number of nitro groups is 1. The summed E-state index contributed by atoms with van der Waals surface area (Å²) in [5.74, 6) is -0.0737. The van der Waals surface area contributed by atoms with E-state index in [1.54, 1.807) is 0 Å². The number of carbonyl (C=O) groups is 2. The van der Waals surface area contributed by atoms with Crippen LogP contribution in [0.3, 0.4) is 0 Å². The fourth-order valence-electron chi connectivity index (χ4n) is 2.51. The molecule has 0 aliphatic carbocycles. The molecule has 0 radical (unpaired) electrons. The quantitative estimate of drug-likeness (QED) is 0.647. The molecule has 2 aromatic rings. The molecule has 2 aromatic carbocycles. The topological polar surface area (TPSA) is 111 Å². The number of nitro benzene ring substituents is 1. The Labute approximate surface area is 142 Å². The van der Waals surface area contributed by atoms with Gasteiger partial charge in [-0.15, -0.1) is 0 Å². The SMILES string of the molecule is O=C(Cc1ccc2c(c1)CCO2)NNC(=O)c1ccc([N+](=O)[O-])cc1. The van der Waals surface area contributed by atoms with Gasteiger partial charge in [0, 0.05) is 24.1 Å². The van der Waals surface area contributed by atoms with E-state index in [9.17, 15) is 19.7 Å². The zero-order valence-electron chi connectivity index (χ0n) is 13.2. The van der Waals surface area contributed by atoms with Crippen LogP contribution in [0.2, 0.25) is 0 Å². The van der Waals surface area contributed by atoms with E-state index in [0.717, 1.165) is 23.3 Å². The zero-order chi connectivity index (χ0) is 17.8. The lowest BCUT2D eigenvalue weighted by atomic mass is 10.1. The van der Waals surface area contributed by atoms with Gasteiger partial charge in [-0.25, -0.2) is 0 Å². The zero-order valence-corrected chi connectivity index (χ0v) is 13.2. The first-order valence-corrected chi connectivity index (χ1v) is 7.61. The van der Waals surface area contributed by atoms with Gasteiger partial charge >= 0.3 is 0 Å². The normalized spacial score (nSPS) is 12.0. The van der Waals surface area contributed by atoms with Crippen molar-refractivity contribution in [2.45, 2.75) is 12.8 Å². The summed E-state index contributed by atoms with van der Waals surface area (Å²) in [5.41, 5.74) is 6.61. The van der Waals surface area contributed by atoms with Gasteiger partial charge in [-0.1, -0.05) is 12.1 Å². The molecule has 3 rings (SSSR count). The van der Waals surface area contributed by atoms with E-state index in [1.165, 1.54) is 24.3 Å². The van der Waals surface area contributed by atoms with Gasteiger partial charge in [0.05, 0.1) is 18.0 Å². The molecular weight excluding hydrogens is 326 g/mol. The molecule has 2 amide bonds. The minimum atomic E-state index is -0.550. The molecule has 0 atom stereocenters. The number of nitrogens with one attached hydrogen (secondary N) is 2. The molecule has 0 bridgehead atoms. The highest BCUT2D eigenvalue weighted by Crippen LogP contribution is 2.25. The van der Waals surface area contributed by atoms with Crippen molar-refractivity contribution in [3.05, 3.63) is 69.3 Å². The summed E-state index contributed by atoms with van der Waals surface area (Å²) in [6, 6.07) is 10.6. The highest BCUT2D eigenvalue weighted by Gasteiger charge is 2.14. The van der Waals surface area contributed by atoms with Gasteiger partial charge in [0.1, 0.15) is 5.75 Å². The lowest BCUT2D eigenvalue weighted by Crippen LogP contribution is -2.42. The minimum Gasteiger partial charge on any atom is -0.493 e. The van der Waals surface area contributed by atoms with Crippen LogP contribution in [0.1, 0.15) is 21.5 Å². The number of non-ortho nitro benzene ring substituents is 1. The second-order valence-electron chi connectivity index (χ2n) is 5.52. The maximum absolute atomic E-state index is 11.9. The number of benzene rings is 2. The van der Waals surface area contributed by atoms with Gasteiger partial charge in [0.2, 0.25) is 5.91 Å². The van der Waals surface area contributed by atoms with Crippen LogP contribution in [0.5, 0.6) is 5.75 Å². The first-order chi connectivity index (χ1) is 12.0. The molecule has 1 aliphatic heterocycles. The van der Waals surface area contributed by atoms with E-state index in [2.05, 4.69) is 10.9 Å². The lowest BCUT2D eigenvalue weighted by molar-refractivity contribution is -0.384. The van der Waals surface area contributed by atoms with Crippen molar-refractivity contribution in [3.63, 3.8) is 0 Å². The van der Waals surface area contributed by atoms with Crippen LogP contribution in [0.25, 0.3) is 0 Å². The number of fused-ring (bicyclic) bond motifs is 1. The van der Waals surface area contributed by atoms with Crippen LogP contribution in [0.15, 0.2) is 42.5 Å². The molecule has 0 fully saturated rings. The van der Waals surface area contributed by atoms with E-state index in [1.807, 2.05) is 18.2 Å². The Morgan fingerprint density at radius 3 is 2.60 bits per heavy atom. The van der Waals surface area contributed by atoms with Gasteiger partial charge in [0.25, 0.3) is 11.6 Å². The molecule has 1 heterocycles. The first kappa shape index (κ1) is 16.4. The van der Waals surface area contributed by atoms with E-state index in [0.29, 0.717) is 6.61 Å². The highest BCUT2D eigenvalue weighted by atomic mass is 16.6. The second kappa shape index (κ2) is 7.00. The number of nitrogens with zero attached hydrogens (tertiary/aromatic N) is 1. The van der Waals surface area contributed by atoms with Crippen molar-refractivity contribution in [2.75, 3.05) is 6.61 Å². The molecule has 0 aromatic heterocycles. The van der Waals surface area contributed by atoms with E-state index in [4.69, 9.17) is 4.74 Å². The molecular formula is C17H15N3O5. The Morgan fingerprint density at radius 2 is 1.88 bits per heavy atom. The largest absolute Gasteiger partial charge is 0.493 e. The van der Waals surface area contributed by atoms with Crippen molar-refractivity contribution in [2.24, 2.45) is 0 Å². The molecule has 1 aliphatic rings. The molecule has 8 heteroatoms. The number of hydrazine groups is 1. The fraction of sp³-hybridized carbons (Fsp3) is 0.176. The van der Waals surface area contributed by atoms with Crippen LogP contribution in [-0.4, -0.2) is 23.3 Å². The molecule has 0 saturated carbocycles. The summed E-state index contributed by atoms with van der Waals surface area (Å²) >= 11 is 0. The average Bonchev–Trinajstić information content (AvgIpc) is 3.07.